The summed E-state index contributed by atoms with van der Waals surface area (Å²) < 4.78 is 56.8. The minimum Gasteiger partial charge on any atom is -0.440 e. The molecule has 2 atom stereocenters. The fraction of sp³-hybridized carbons (Fsp3) is 0.167. The molecule has 0 spiro atoms. The lowest BCUT2D eigenvalue weighted by molar-refractivity contribution is 0.101. The molecule has 1 aromatic heterocycles. The number of halogens is 2. The average Bonchev–Trinajstić information content (AvgIpc) is 2.95. The smallest absolute Gasteiger partial charge is 0.268 e. The molecule has 1 heterocycles. The third-order valence-corrected chi connectivity index (χ3v) is 5.40. The third kappa shape index (κ3) is 2.81. The Balaban J connectivity index is 1.62. The molecule has 2 aromatic carbocycles. The number of alkyl halides is 2. The van der Waals surface area contributed by atoms with E-state index in [2.05, 4.69) is 4.98 Å². The molecule has 1 fully saturated rings. The van der Waals surface area contributed by atoms with Crippen molar-refractivity contribution >= 4 is 10.0 Å². The molecule has 1 saturated carbocycles. The highest BCUT2D eigenvalue weighted by Gasteiger charge is 2.71. The van der Waals surface area contributed by atoms with Gasteiger partial charge in [-0.15, -0.1) is 0 Å². The van der Waals surface area contributed by atoms with Crippen LogP contribution in [0, 0.1) is 0 Å². The lowest BCUT2D eigenvalue weighted by Crippen LogP contribution is -2.11. The molecule has 8 heteroatoms. The van der Waals surface area contributed by atoms with E-state index < -0.39 is 27.8 Å². The van der Waals surface area contributed by atoms with Gasteiger partial charge >= 0.3 is 0 Å². The van der Waals surface area contributed by atoms with Crippen molar-refractivity contribution in [3.63, 3.8) is 0 Å². The molecule has 0 amide bonds. The molecule has 2 unspecified atom stereocenters. The summed E-state index contributed by atoms with van der Waals surface area (Å²) in [5, 5.41) is 5.03. The minimum atomic E-state index is -3.86. The number of nitrogens with zero attached hydrogens (tertiary/aromatic N) is 1. The maximum absolute atomic E-state index is 14.3. The van der Waals surface area contributed by atoms with Crippen LogP contribution in [0.3, 0.4) is 0 Å². The van der Waals surface area contributed by atoms with Crippen molar-refractivity contribution in [2.24, 2.45) is 5.14 Å². The van der Waals surface area contributed by atoms with E-state index in [1.165, 1.54) is 30.5 Å². The van der Waals surface area contributed by atoms with E-state index in [0.717, 1.165) is 5.56 Å². The molecule has 5 nitrogen and oxygen atoms in total. The summed E-state index contributed by atoms with van der Waals surface area (Å²) in [7, 11) is -3.86. The maximum Gasteiger partial charge on any atom is 0.268 e. The highest BCUT2D eigenvalue weighted by atomic mass is 32.2. The standard InChI is InChI=1S/C18H14F2N2O3S/c19-18(20)15(12-6-8-13(9-7-12)26(21,23)24)16(18)17-22-10-14(25-17)11-4-2-1-3-5-11/h1-10,15-16H,(H2,21,23,24). The molecule has 2 N–H and O–H groups in total. The van der Waals surface area contributed by atoms with Gasteiger partial charge in [-0.3, -0.25) is 0 Å². The topological polar surface area (TPSA) is 86.2 Å². The predicted molar refractivity (Wildman–Crippen MR) is 90.2 cm³/mol. The fourth-order valence-corrected chi connectivity index (χ4v) is 3.60. The zero-order chi connectivity index (χ0) is 18.5. The van der Waals surface area contributed by atoms with Crippen LogP contribution in [0.1, 0.15) is 23.3 Å². The summed E-state index contributed by atoms with van der Waals surface area (Å²) in [4.78, 5) is 3.90. The molecule has 0 radical (unpaired) electrons. The van der Waals surface area contributed by atoms with Gasteiger partial charge < -0.3 is 4.42 Å². The largest absolute Gasteiger partial charge is 0.440 e. The second-order valence-electron chi connectivity index (χ2n) is 6.17. The molecule has 1 aliphatic rings. The third-order valence-electron chi connectivity index (χ3n) is 4.47. The second kappa shape index (κ2) is 5.72. The Labute approximate surface area is 148 Å². The Kier molecular flexibility index (Phi) is 3.71. The molecule has 0 aliphatic heterocycles. The normalized spacial score (nSPS) is 21.5. The van der Waals surface area contributed by atoms with Crippen LogP contribution in [0.4, 0.5) is 8.78 Å². The van der Waals surface area contributed by atoms with Crippen molar-refractivity contribution < 1.29 is 21.6 Å². The van der Waals surface area contributed by atoms with Crippen molar-refractivity contribution in [3.8, 4) is 11.3 Å². The number of nitrogens with two attached hydrogens (primary N) is 1. The van der Waals surface area contributed by atoms with Crippen LogP contribution in [0.15, 0.2) is 70.1 Å². The quantitative estimate of drug-likeness (QED) is 0.755. The van der Waals surface area contributed by atoms with Gasteiger partial charge in [0.15, 0.2) is 5.76 Å². The molecule has 134 valence electrons. The van der Waals surface area contributed by atoms with Crippen molar-refractivity contribution in [2.75, 3.05) is 0 Å². The number of primary sulfonamides is 1. The van der Waals surface area contributed by atoms with E-state index >= 15 is 0 Å². The van der Waals surface area contributed by atoms with Crippen molar-refractivity contribution in [2.45, 2.75) is 22.7 Å². The van der Waals surface area contributed by atoms with Crippen LogP contribution in [0.2, 0.25) is 0 Å². The fourth-order valence-electron chi connectivity index (χ4n) is 3.08. The molecular weight excluding hydrogens is 362 g/mol. The summed E-state index contributed by atoms with van der Waals surface area (Å²) in [6.45, 7) is 0. The van der Waals surface area contributed by atoms with Crippen LogP contribution < -0.4 is 5.14 Å². The van der Waals surface area contributed by atoms with Gasteiger partial charge in [0.2, 0.25) is 15.9 Å². The van der Waals surface area contributed by atoms with Gasteiger partial charge in [-0.05, 0) is 17.7 Å². The Hall–Kier alpha value is -2.58. The van der Waals surface area contributed by atoms with Gasteiger partial charge in [-0.2, -0.15) is 0 Å². The van der Waals surface area contributed by atoms with Gasteiger partial charge in [-0.1, -0.05) is 42.5 Å². The molecule has 0 bridgehead atoms. The molecule has 4 rings (SSSR count). The van der Waals surface area contributed by atoms with Gasteiger partial charge in [0.25, 0.3) is 5.92 Å². The zero-order valence-corrected chi connectivity index (χ0v) is 14.2. The predicted octanol–water partition coefficient (Wildman–Crippen LogP) is 3.51. The van der Waals surface area contributed by atoms with Crippen LogP contribution in [0.25, 0.3) is 11.3 Å². The molecule has 1 aliphatic carbocycles. The van der Waals surface area contributed by atoms with Crippen LogP contribution in [0.5, 0.6) is 0 Å². The first-order chi connectivity index (χ1) is 12.3. The van der Waals surface area contributed by atoms with Gasteiger partial charge in [0.1, 0.15) is 5.92 Å². The summed E-state index contributed by atoms with van der Waals surface area (Å²) in [6.07, 6.45) is 1.43. The average molecular weight is 376 g/mol. The number of hydrogen-bond donors (Lipinski definition) is 1. The monoisotopic (exact) mass is 376 g/mol. The second-order valence-corrected chi connectivity index (χ2v) is 7.73. The van der Waals surface area contributed by atoms with E-state index in [4.69, 9.17) is 9.56 Å². The first-order valence-electron chi connectivity index (χ1n) is 7.80. The number of hydrogen-bond acceptors (Lipinski definition) is 4. The maximum atomic E-state index is 14.3. The molecule has 0 saturated heterocycles. The van der Waals surface area contributed by atoms with E-state index in [0.29, 0.717) is 11.3 Å². The van der Waals surface area contributed by atoms with Gasteiger partial charge in [0, 0.05) is 5.56 Å². The van der Waals surface area contributed by atoms with E-state index in [9.17, 15) is 17.2 Å². The van der Waals surface area contributed by atoms with E-state index in [1.807, 2.05) is 18.2 Å². The van der Waals surface area contributed by atoms with Gasteiger partial charge in [0.05, 0.1) is 17.0 Å². The lowest BCUT2D eigenvalue weighted by atomic mass is 10.1. The first-order valence-corrected chi connectivity index (χ1v) is 9.35. The summed E-state index contributed by atoms with van der Waals surface area (Å²) in [5.41, 5.74) is 1.07. The van der Waals surface area contributed by atoms with Crippen LogP contribution in [-0.4, -0.2) is 19.3 Å². The Bertz CT molecular complexity index is 1050. The number of sulfonamides is 1. The molecule has 26 heavy (non-hydrogen) atoms. The zero-order valence-electron chi connectivity index (χ0n) is 13.3. The number of benzene rings is 2. The highest BCUT2D eigenvalue weighted by molar-refractivity contribution is 7.89. The Morgan fingerprint density at radius 3 is 2.27 bits per heavy atom. The van der Waals surface area contributed by atoms with E-state index in [-0.39, 0.29) is 10.8 Å². The van der Waals surface area contributed by atoms with Crippen molar-refractivity contribution in [3.05, 3.63) is 72.2 Å². The number of oxazole rings is 1. The Morgan fingerprint density at radius 1 is 1.00 bits per heavy atom. The summed E-state index contributed by atoms with van der Waals surface area (Å²) in [6, 6.07) is 14.2. The number of rotatable bonds is 4. The van der Waals surface area contributed by atoms with Gasteiger partial charge in [-0.25, -0.2) is 27.3 Å². The van der Waals surface area contributed by atoms with Crippen LogP contribution >= 0.6 is 0 Å². The lowest BCUT2D eigenvalue weighted by Gasteiger charge is -2.01. The number of aromatic nitrogens is 1. The molecular formula is C18H14F2N2O3S. The SMILES string of the molecule is NS(=O)(=O)c1ccc(C2C(c3ncc(-c4ccccc4)o3)C2(F)F)cc1. The van der Waals surface area contributed by atoms with E-state index in [1.54, 1.807) is 12.1 Å². The summed E-state index contributed by atoms with van der Waals surface area (Å²) >= 11 is 0. The van der Waals surface area contributed by atoms with Crippen molar-refractivity contribution in [1.82, 2.24) is 4.98 Å². The summed E-state index contributed by atoms with van der Waals surface area (Å²) in [5.74, 6) is -4.91. The van der Waals surface area contributed by atoms with Crippen LogP contribution in [-0.2, 0) is 10.0 Å². The molecule has 3 aromatic rings. The first kappa shape index (κ1) is 16.9. The van der Waals surface area contributed by atoms with Crippen molar-refractivity contribution in [1.29, 1.82) is 0 Å². The minimum absolute atomic E-state index is 0.0330. The highest BCUT2D eigenvalue weighted by Crippen LogP contribution is 2.67. The Morgan fingerprint density at radius 2 is 1.65 bits per heavy atom.